The highest BCUT2D eigenvalue weighted by Gasteiger charge is 2.61. The standard InChI is InChI=1S/C57H63O13P/c1-42(58)68-57-55(66-40-48-31-19-8-20-32-48)52(63-37-45-25-13-5-14-26-45)50(41-61-35-43-21-9-3-10-22-43)70-71(57,59)67-34-33-49-51(62-36-44-23-11-4-12-24-44)53(64-38-46-27-15-6-16-28-46)54(56(60-2)69-49)65-39-47-29-17-7-18-30-47/h3-32,49-57H,33-41H2,1-2H3/t49-,50-,51-,52-,53+,54+,55+,56+,57-,71?/m1/s1. The first-order valence-corrected chi connectivity index (χ1v) is 25.6. The first-order valence-electron chi connectivity index (χ1n) is 24.0. The van der Waals surface area contributed by atoms with Crippen molar-refractivity contribution in [1.29, 1.82) is 0 Å². The molecule has 2 aliphatic rings. The summed E-state index contributed by atoms with van der Waals surface area (Å²) in [6.45, 7) is 2.22. The molecule has 0 spiro atoms. The number of carbonyl (C=O) groups is 1. The molecule has 2 heterocycles. The number of hydrogen-bond acceptors (Lipinski definition) is 13. The molecule has 0 amide bonds. The number of carbonyl (C=O) groups excluding carboxylic acids is 1. The highest BCUT2D eigenvalue weighted by atomic mass is 31.2. The van der Waals surface area contributed by atoms with Crippen molar-refractivity contribution in [3.63, 3.8) is 0 Å². The van der Waals surface area contributed by atoms with Crippen LogP contribution in [0.25, 0.3) is 0 Å². The first-order chi connectivity index (χ1) is 34.8. The Morgan fingerprint density at radius 2 is 0.859 bits per heavy atom. The molecule has 14 heteroatoms. The summed E-state index contributed by atoms with van der Waals surface area (Å²) < 4.78 is 71.5. The molecule has 0 aliphatic carbocycles. The van der Waals surface area contributed by atoms with E-state index in [1.165, 1.54) is 6.92 Å². The van der Waals surface area contributed by atoms with Gasteiger partial charge in [-0.3, -0.25) is 4.79 Å². The summed E-state index contributed by atoms with van der Waals surface area (Å²) in [6.07, 6.45) is -6.78. The van der Waals surface area contributed by atoms with Gasteiger partial charge in [-0.25, -0.2) is 4.52 Å². The first kappa shape index (κ1) is 52.1. The van der Waals surface area contributed by atoms with Crippen molar-refractivity contribution >= 4 is 13.9 Å². The van der Waals surface area contributed by atoms with Gasteiger partial charge in [0.25, 0.3) is 13.8 Å². The molecule has 6 aromatic rings. The van der Waals surface area contributed by atoms with Gasteiger partial charge in [-0.15, -0.1) is 0 Å². The van der Waals surface area contributed by atoms with E-state index in [1.807, 2.05) is 182 Å². The van der Waals surface area contributed by atoms with E-state index in [1.54, 1.807) is 7.11 Å². The summed E-state index contributed by atoms with van der Waals surface area (Å²) in [6, 6.07) is 58.4. The topological polar surface area (TPSA) is 142 Å². The summed E-state index contributed by atoms with van der Waals surface area (Å²) in [4.78, 5) is 28.7. The zero-order valence-corrected chi connectivity index (χ0v) is 41.0. The van der Waals surface area contributed by atoms with Gasteiger partial charge in [-0.05, 0) is 33.4 Å². The number of ether oxygens (including phenoxy) is 9. The van der Waals surface area contributed by atoms with Gasteiger partial charge in [-0.1, -0.05) is 182 Å². The lowest BCUT2D eigenvalue weighted by molar-refractivity contribution is -0.319. The predicted molar refractivity (Wildman–Crippen MR) is 265 cm³/mol. The molecule has 13 nitrogen and oxygen atoms in total. The van der Waals surface area contributed by atoms with Crippen molar-refractivity contribution in [2.75, 3.05) is 20.3 Å². The van der Waals surface area contributed by atoms with E-state index >= 15 is 4.89 Å². The number of benzene rings is 6. The van der Waals surface area contributed by atoms with Crippen LogP contribution in [-0.4, -0.2) is 81.2 Å². The van der Waals surface area contributed by atoms with Gasteiger partial charge in [0.1, 0.15) is 24.4 Å². The molecule has 0 N–H and O–H groups in total. The highest BCUT2D eigenvalue weighted by molar-refractivity contribution is 7.60. The Kier molecular flexibility index (Phi) is 19.8. The second-order valence-corrected chi connectivity index (χ2v) is 19.4. The fourth-order valence-electron chi connectivity index (χ4n) is 8.64. The minimum absolute atomic E-state index is 0.0544. The van der Waals surface area contributed by atoms with E-state index in [2.05, 4.69) is 0 Å². The molecule has 6 aromatic carbocycles. The molecule has 0 bridgehead atoms. The van der Waals surface area contributed by atoms with Gasteiger partial charge in [0.05, 0.1) is 59.0 Å². The van der Waals surface area contributed by atoms with Crippen LogP contribution in [0.4, 0.5) is 0 Å². The van der Waals surface area contributed by atoms with Gasteiger partial charge < -0.3 is 47.5 Å². The van der Waals surface area contributed by atoms with Gasteiger partial charge in [0, 0.05) is 20.5 Å². The molecule has 2 saturated heterocycles. The van der Waals surface area contributed by atoms with Crippen molar-refractivity contribution in [1.82, 2.24) is 0 Å². The molecule has 2 aliphatic heterocycles. The van der Waals surface area contributed by atoms with Crippen molar-refractivity contribution in [2.24, 2.45) is 0 Å². The van der Waals surface area contributed by atoms with Crippen molar-refractivity contribution in [3.05, 3.63) is 215 Å². The van der Waals surface area contributed by atoms with Crippen molar-refractivity contribution in [3.8, 4) is 0 Å². The van der Waals surface area contributed by atoms with Gasteiger partial charge >= 0.3 is 5.97 Å². The van der Waals surface area contributed by atoms with Crippen LogP contribution in [-0.2, 0) is 96.1 Å². The molecular weight excluding hydrogens is 924 g/mol. The van der Waals surface area contributed by atoms with E-state index < -0.39 is 68.8 Å². The molecule has 8 rings (SSSR count). The minimum atomic E-state index is -4.47. The average Bonchev–Trinajstić information content (AvgIpc) is 3.41. The van der Waals surface area contributed by atoms with Crippen molar-refractivity contribution < 1.29 is 61.4 Å². The Morgan fingerprint density at radius 1 is 0.493 bits per heavy atom. The van der Waals surface area contributed by atoms with Crippen molar-refractivity contribution in [2.45, 2.75) is 108 Å². The second kappa shape index (κ2) is 27.0. The lowest BCUT2D eigenvalue weighted by Gasteiger charge is -2.47. The van der Waals surface area contributed by atoms with Crippen LogP contribution >= 0.6 is 7.94 Å². The Hall–Kier alpha value is -5.22. The lowest BCUT2D eigenvalue weighted by Crippen LogP contribution is -2.61. The minimum Gasteiger partial charge on any atom is -0.628 e. The van der Waals surface area contributed by atoms with Crippen LogP contribution < -0.4 is 4.89 Å². The van der Waals surface area contributed by atoms with Crippen LogP contribution in [0.15, 0.2) is 182 Å². The normalized spacial score (nSPS) is 25.4. The van der Waals surface area contributed by atoms with Crippen LogP contribution in [0.2, 0.25) is 0 Å². The molecular formula is C57H63O13P. The Balaban J connectivity index is 1.09. The third-order valence-electron chi connectivity index (χ3n) is 12.2. The zero-order valence-electron chi connectivity index (χ0n) is 40.1. The molecule has 0 aromatic heterocycles. The SMILES string of the molecule is CO[C@H]1O[C@H](CCO[P+]2([O-])O[C@H](COCc3ccccc3)[C@@H](OCc3ccccc3)[C@H](OCc3ccccc3)[C@@H]2OC(C)=O)[C@@H](OCc2ccccc2)[C@H](OCc2ccccc2)[C@@H]1OCc1ccccc1. The Morgan fingerprint density at radius 3 is 1.27 bits per heavy atom. The molecule has 2 fully saturated rings. The summed E-state index contributed by atoms with van der Waals surface area (Å²) in [5, 5.41) is 0. The highest BCUT2D eigenvalue weighted by Crippen LogP contribution is 2.64. The van der Waals surface area contributed by atoms with E-state index in [4.69, 9.17) is 51.7 Å². The summed E-state index contributed by atoms with van der Waals surface area (Å²) in [5.41, 5.74) is 5.52. The predicted octanol–water partition coefficient (Wildman–Crippen LogP) is 9.32. The molecule has 0 saturated carbocycles. The molecule has 0 radical (unpaired) electrons. The van der Waals surface area contributed by atoms with Gasteiger partial charge in [0.15, 0.2) is 18.5 Å². The maximum Gasteiger partial charge on any atom is 0.306 e. The molecule has 71 heavy (non-hydrogen) atoms. The monoisotopic (exact) mass is 986 g/mol. The van der Waals surface area contributed by atoms with E-state index in [0.717, 1.165) is 33.4 Å². The number of hydrogen-bond donors (Lipinski definition) is 0. The quantitative estimate of drug-likeness (QED) is 0.0398. The smallest absolute Gasteiger partial charge is 0.306 e. The van der Waals surface area contributed by atoms with Gasteiger partial charge in [0.2, 0.25) is 0 Å². The Bertz CT molecular complexity index is 2430. The third-order valence-corrected chi connectivity index (χ3v) is 14.3. The van der Waals surface area contributed by atoms with E-state index in [9.17, 15) is 4.79 Å². The van der Waals surface area contributed by atoms with Gasteiger partial charge in [-0.2, -0.15) is 4.52 Å². The molecule has 10 atom stereocenters. The maximum absolute atomic E-state index is 15.7. The molecule has 374 valence electrons. The number of esters is 1. The molecule has 1 unspecified atom stereocenters. The van der Waals surface area contributed by atoms with Crippen LogP contribution in [0.5, 0.6) is 0 Å². The van der Waals surface area contributed by atoms with Crippen LogP contribution in [0, 0.1) is 0 Å². The third kappa shape index (κ3) is 15.2. The van der Waals surface area contributed by atoms with Crippen LogP contribution in [0.1, 0.15) is 46.7 Å². The zero-order chi connectivity index (χ0) is 49.1. The summed E-state index contributed by atoms with van der Waals surface area (Å²) >= 11 is 0. The number of methoxy groups -OCH3 is 1. The fourth-order valence-corrected chi connectivity index (χ4v) is 10.8. The maximum atomic E-state index is 15.7. The largest absolute Gasteiger partial charge is 0.628 e. The summed E-state index contributed by atoms with van der Waals surface area (Å²) in [7, 11) is -2.91. The second-order valence-electron chi connectivity index (χ2n) is 17.4. The van der Waals surface area contributed by atoms with Crippen LogP contribution in [0.3, 0.4) is 0 Å². The summed E-state index contributed by atoms with van der Waals surface area (Å²) in [5.74, 6) is -2.24. The fraction of sp³-hybridized carbons (Fsp3) is 0.351. The Labute approximate surface area is 417 Å². The lowest BCUT2D eigenvalue weighted by atomic mass is 9.95. The number of rotatable bonds is 25. The van der Waals surface area contributed by atoms with E-state index in [0.29, 0.717) is 0 Å². The average molecular weight is 987 g/mol. The van der Waals surface area contributed by atoms with E-state index in [-0.39, 0.29) is 59.3 Å².